The van der Waals surface area contributed by atoms with Crippen molar-refractivity contribution in [2.75, 3.05) is 0 Å². The first-order valence-electron chi connectivity index (χ1n) is 11.8. The maximum absolute atomic E-state index is 13.6. The molecular formula is C26H24F3NO5. The molecule has 4 aliphatic rings. The number of alkyl halides is 3. The van der Waals surface area contributed by atoms with Gasteiger partial charge in [0.2, 0.25) is 0 Å². The van der Waals surface area contributed by atoms with Crippen LogP contribution in [-0.4, -0.2) is 16.5 Å². The van der Waals surface area contributed by atoms with Crippen molar-refractivity contribution >= 4 is 17.3 Å². The van der Waals surface area contributed by atoms with Crippen molar-refractivity contribution in [2.24, 2.45) is 23.7 Å². The number of aryl methyl sites for hydroxylation is 1. The van der Waals surface area contributed by atoms with Crippen molar-refractivity contribution in [1.29, 1.82) is 0 Å². The van der Waals surface area contributed by atoms with E-state index < -0.39 is 34.0 Å². The zero-order chi connectivity index (χ0) is 25.1. The first kappa shape index (κ1) is 23.5. The van der Waals surface area contributed by atoms with Crippen molar-refractivity contribution in [3.8, 4) is 11.5 Å². The minimum atomic E-state index is -4.88. The van der Waals surface area contributed by atoms with Crippen LogP contribution >= 0.6 is 0 Å². The molecule has 0 aliphatic heterocycles. The SMILES string of the molecule is CCc1ccc(Oc2ccc([N+](=O)[O-])cc2C(F)(F)F)cc1C1C(=O)C2C3CCC(CC3)C2C1=O. The number of Topliss-reactive ketones (excluding diaryl/α,β-unsaturated/α-hetero) is 2. The van der Waals surface area contributed by atoms with Gasteiger partial charge in [0.1, 0.15) is 23.0 Å². The maximum atomic E-state index is 13.6. The number of rotatable bonds is 5. The molecule has 0 spiro atoms. The van der Waals surface area contributed by atoms with Crippen molar-refractivity contribution in [3.63, 3.8) is 0 Å². The normalized spacial score (nSPS) is 27.7. The summed E-state index contributed by atoms with van der Waals surface area (Å²) in [6.07, 6.45) is -0.493. The van der Waals surface area contributed by atoms with E-state index >= 15 is 0 Å². The van der Waals surface area contributed by atoms with E-state index in [0.29, 0.717) is 18.1 Å². The number of carbonyl (C=O) groups excluding carboxylic acids is 2. The summed E-state index contributed by atoms with van der Waals surface area (Å²) in [5.74, 6) is -1.70. The fourth-order valence-electron chi connectivity index (χ4n) is 6.40. The molecule has 184 valence electrons. The quantitative estimate of drug-likeness (QED) is 0.282. The lowest BCUT2D eigenvalue weighted by molar-refractivity contribution is -0.385. The third-order valence-corrected chi connectivity index (χ3v) is 7.96. The zero-order valence-electron chi connectivity index (χ0n) is 19.0. The summed E-state index contributed by atoms with van der Waals surface area (Å²) >= 11 is 0. The number of halogens is 3. The molecule has 6 nitrogen and oxygen atoms in total. The fraction of sp³-hybridized carbons (Fsp3) is 0.462. The average molecular weight is 487 g/mol. The van der Waals surface area contributed by atoms with E-state index in [0.717, 1.165) is 43.4 Å². The molecule has 2 unspecified atom stereocenters. The van der Waals surface area contributed by atoms with E-state index in [4.69, 9.17) is 4.74 Å². The molecule has 0 heterocycles. The van der Waals surface area contributed by atoms with Crippen LogP contribution in [0.3, 0.4) is 0 Å². The van der Waals surface area contributed by atoms with Gasteiger partial charge >= 0.3 is 6.18 Å². The highest BCUT2D eigenvalue weighted by Crippen LogP contribution is 2.56. The summed E-state index contributed by atoms with van der Waals surface area (Å²) in [6, 6.07) is 6.93. The molecule has 35 heavy (non-hydrogen) atoms. The van der Waals surface area contributed by atoms with Crippen LogP contribution in [0.4, 0.5) is 18.9 Å². The predicted molar refractivity (Wildman–Crippen MR) is 119 cm³/mol. The Labute approximate surface area is 199 Å². The van der Waals surface area contributed by atoms with Gasteiger partial charge in [0.25, 0.3) is 5.69 Å². The van der Waals surface area contributed by atoms with Crippen molar-refractivity contribution in [2.45, 2.75) is 51.1 Å². The molecule has 9 heteroatoms. The largest absolute Gasteiger partial charge is 0.457 e. The van der Waals surface area contributed by atoms with E-state index in [-0.39, 0.29) is 41.0 Å². The first-order valence-corrected chi connectivity index (χ1v) is 11.8. The first-order chi connectivity index (χ1) is 16.6. The van der Waals surface area contributed by atoms with E-state index in [9.17, 15) is 32.9 Å². The average Bonchev–Trinajstić information content (AvgIpc) is 3.11. The molecule has 4 fully saturated rings. The van der Waals surface area contributed by atoms with Gasteiger partial charge < -0.3 is 4.74 Å². The maximum Gasteiger partial charge on any atom is 0.420 e. The van der Waals surface area contributed by atoms with Gasteiger partial charge in [-0.25, -0.2) is 0 Å². The van der Waals surface area contributed by atoms with Crippen molar-refractivity contribution < 1.29 is 32.4 Å². The number of hydrogen-bond acceptors (Lipinski definition) is 5. The van der Waals surface area contributed by atoms with E-state index in [2.05, 4.69) is 0 Å². The molecule has 4 saturated carbocycles. The lowest BCUT2D eigenvalue weighted by Gasteiger charge is -2.43. The molecule has 2 atom stereocenters. The van der Waals surface area contributed by atoms with E-state index in [1.165, 1.54) is 12.1 Å². The molecule has 0 radical (unpaired) electrons. The van der Waals surface area contributed by atoms with Gasteiger partial charge in [-0.15, -0.1) is 0 Å². The Morgan fingerprint density at radius 2 is 1.57 bits per heavy atom. The highest BCUT2D eigenvalue weighted by molar-refractivity contribution is 6.16. The summed E-state index contributed by atoms with van der Waals surface area (Å²) < 4.78 is 46.3. The Morgan fingerprint density at radius 3 is 2.09 bits per heavy atom. The van der Waals surface area contributed by atoms with Crippen LogP contribution in [0.2, 0.25) is 0 Å². The van der Waals surface area contributed by atoms with Crippen molar-refractivity contribution in [3.05, 3.63) is 63.2 Å². The van der Waals surface area contributed by atoms with Crippen LogP contribution in [0.5, 0.6) is 11.5 Å². The third-order valence-electron chi connectivity index (χ3n) is 7.96. The highest BCUT2D eigenvalue weighted by atomic mass is 19.4. The summed E-state index contributed by atoms with van der Waals surface area (Å²) in [6.45, 7) is 1.89. The Kier molecular flexibility index (Phi) is 5.68. The van der Waals surface area contributed by atoms with Crippen LogP contribution in [0.25, 0.3) is 0 Å². The van der Waals surface area contributed by atoms with Crippen molar-refractivity contribution in [1.82, 2.24) is 0 Å². The van der Waals surface area contributed by atoms with Gasteiger partial charge in [-0.3, -0.25) is 19.7 Å². The highest BCUT2D eigenvalue weighted by Gasteiger charge is 2.59. The molecule has 6 rings (SSSR count). The van der Waals surface area contributed by atoms with Crippen LogP contribution in [-0.2, 0) is 22.2 Å². The Morgan fingerprint density at radius 1 is 0.971 bits per heavy atom. The van der Waals surface area contributed by atoms with Gasteiger partial charge in [-0.1, -0.05) is 13.0 Å². The smallest absolute Gasteiger partial charge is 0.420 e. The summed E-state index contributed by atoms with van der Waals surface area (Å²) in [7, 11) is 0. The molecule has 0 saturated heterocycles. The number of ether oxygens (including phenoxy) is 1. The number of non-ortho nitro benzene ring substituents is 1. The number of carbonyl (C=O) groups is 2. The lowest BCUT2D eigenvalue weighted by atomic mass is 9.59. The number of benzene rings is 2. The van der Waals surface area contributed by atoms with Gasteiger partial charge in [-0.05, 0) is 73.3 Å². The zero-order valence-corrected chi connectivity index (χ0v) is 19.0. The molecule has 2 aromatic rings. The van der Waals surface area contributed by atoms with Crippen LogP contribution in [0.1, 0.15) is 55.2 Å². The number of hydrogen-bond donors (Lipinski definition) is 0. The monoisotopic (exact) mass is 487 g/mol. The second-order valence-corrected chi connectivity index (χ2v) is 9.72. The summed E-state index contributed by atoms with van der Waals surface area (Å²) in [5, 5.41) is 11.0. The second-order valence-electron chi connectivity index (χ2n) is 9.72. The van der Waals surface area contributed by atoms with E-state index in [1.54, 1.807) is 6.07 Å². The molecule has 0 aromatic heterocycles. The number of ketones is 2. The Hall–Kier alpha value is -3.23. The van der Waals surface area contributed by atoms with Gasteiger partial charge in [0, 0.05) is 24.0 Å². The standard InChI is InChI=1S/C26H24F3NO5/c1-2-13-7-9-17(35-20-10-8-16(30(33)34)11-19(20)26(27,28)29)12-18(13)23-24(31)21-14-3-4-15(6-5-14)22(21)25(23)32/h7-12,14-15,21-23H,2-6H2,1H3. The summed E-state index contributed by atoms with van der Waals surface area (Å²) in [4.78, 5) is 37.0. The third kappa shape index (κ3) is 3.90. The number of nitrogens with zero attached hydrogens (tertiary/aromatic N) is 1. The molecular weight excluding hydrogens is 463 g/mol. The molecule has 0 amide bonds. The molecule has 4 aliphatic carbocycles. The van der Waals surface area contributed by atoms with E-state index in [1.807, 2.05) is 6.92 Å². The fourth-order valence-corrected chi connectivity index (χ4v) is 6.40. The molecule has 0 N–H and O–H groups in total. The lowest BCUT2D eigenvalue weighted by Crippen LogP contribution is -2.41. The van der Waals surface area contributed by atoms with Crippen LogP contribution < -0.4 is 4.74 Å². The Bertz CT molecular complexity index is 1190. The minimum Gasteiger partial charge on any atom is -0.457 e. The minimum absolute atomic E-state index is 0.0370. The van der Waals surface area contributed by atoms with Gasteiger partial charge in [0.15, 0.2) is 11.6 Å². The second kappa shape index (κ2) is 8.46. The topological polar surface area (TPSA) is 86.5 Å². The van der Waals surface area contributed by atoms with Gasteiger partial charge in [-0.2, -0.15) is 13.2 Å². The van der Waals surface area contributed by atoms with Crippen LogP contribution in [0, 0.1) is 33.8 Å². The number of fused-ring (bicyclic) bond motifs is 2. The number of nitro benzene ring substituents is 1. The van der Waals surface area contributed by atoms with Gasteiger partial charge in [0.05, 0.1) is 4.92 Å². The molecule has 2 aromatic carbocycles. The predicted octanol–water partition coefficient (Wildman–Crippen LogP) is 6.26. The molecule has 2 bridgehead atoms. The Balaban J connectivity index is 1.52. The number of nitro groups is 1. The summed E-state index contributed by atoms with van der Waals surface area (Å²) in [5.41, 5.74) is -0.714. The van der Waals surface area contributed by atoms with Crippen LogP contribution in [0.15, 0.2) is 36.4 Å².